The summed E-state index contributed by atoms with van der Waals surface area (Å²) in [7, 11) is 5.04. The van der Waals surface area contributed by atoms with E-state index in [1.807, 2.05) is 6.07 Å². The van der Waals surface area contributed by atoms with Crippen LogP contribution in [0.3, 0.4) is 0 Å². The summed E-state index contributed by atoms with van der Waals surface area (Å²) in [6, 6.07) is 4.78. The normalized spacial score (nSPS) is 24.4. The lowest BCUT2D eigenvalue weighted by Crippen LogP contribution is -2.19. The van der Waals surface area contributed by atoms with Gasteiger partial charge in [-0.2, -0.15) is 0 Å². The van der Waals surface area contributed by atoms with E-state index in [-0.39, 0.29) is 0 Å². The summed E-state index contributed by atoms with van der Waals surface area (Å²) in [5, 5.41) is 3.61. The van der Waals surface area contributed by atoms with Crippen molar-refractivity contribution in [3.8, 4) is 17.2 Å². The standard InChI is InChI=1S/C16H23NO3/c1-18-14-8-16(20-3)15(19-2)7-13(14)12-6-10(12)9-17-11-4-5-11/h7-8,10-12,17H,4-6,9H2,1-3H3. The van der Waals surface area contributed by atoms with Crippen LogP contribution in [0.1, 0.15) is 30.7 Å². The Morgan fingerprint density at radius 1 is 1.00 bits per heavy atom. The predicted octanol–water partition coefficient (Wildman–Crippen LogP) is 2.57. The van der Waals surface area contributed by atoms with Crippen LogP contribution in [0.15, 0.2) is 12.1 Å². The molecule has 0 aliphatic heterocycles. The molecule has 0 amide bonds. The summed E-state index contributed by atoms with van der Waals surface area (Å²) in [6.45, 7) is 1.12. The molecule has 0 saturated heterocycles. The average Bonchev–Trinajstić information content (AvgIpc) is 3.37. The highest BCUT2D eigenvalue weighted by atomic mass is 16.5. The second kappa shape index (κ2) is 5.52. The molecule has 2 fully saturated rings. The molecule has 0 spiro atoms. The maximum absolute atomic E-state index is 5.52. The van der Waals surface area contributed by atoms with Crippen LogP contribution in [0.5, 0.6) is 17.2 Å². The fraction of sp³-hybridized carbons (Fsp3) is 0.625. The van der Waals surface area contributed by atoms with Crippen molar-refractivity contribution in [3.05, 3.63) is 17.7 Å². The van der Waals surface area contributed by atoms with Gasteiger partial charge in [0, 0.05) is 17.7 Å². The molecule has 3 rings (SSSR count). The highest BCUT2D eigenvalue weighted by Crippen LogP contribution is 2.52. The molecule has 0 radical (unpaired) electrons. The van der Waals surface area contributed by atoms with Crippen molar-refractivity contribution in [1.29, 1.82) is 0 Å². The first-order chi connectivity index (χ1) is 9.76. The first-order valence-corrected chi connectivity index (χ1v) is 7.30. The molecule has 4 heteroatoms. The second-order valence-electron chi connectivity index (χ2n) is 5.73. The molecule has 2 saturated carbocycles. The van der Waals surface area contributed by atoms with Gasteiger partial charge in [-0.15, -0.1) is 0 Å². The summed E-state index contributed by atoms with van der Waals surface area (Å²) in [6.07, 6.45) is 3.92. The highest BCUT2D eigenvalue weighted by molar-refractivity contribution is 5.53. The molecule has 20 heavy (non-hydrogen) atoms. The van der Waals surface area contributed by atoms with Crippen LogP contribution in [-0.4, -0.2) is 33.9 Å². The molecule has 2 aliphatic rings. The van der Waals surface area contributed by atoms with E-state index >= 15 is 0 Å². The Kier molecular flexibility index (Phi) is 3.74. The van der Waals surface area contributed by atoms with Crippen molar-refractivity contribution in [3.63, 3.8) is 0 Å². The summed E-state index contributed by atoms with van der Waals surface area (Å²) in [5.74, 6) is 3.71. The summed E-state index contributed by atoms with van der Waals surface area (Å²) < 4.78 is 16.3. The second-order valence-corrected chi connectivity index (χ2v) is 5.73. The van der Waals surface area contributed by atoms with Gasteiger partial charge in [0.1, 0.15) is 5.75 Å². The van der Waals surface area contributed by atoms with Gasteiger partial charge in [-0.1, -0.05) is 0 Å². The molecule has 2 atom stereocenters. The van der Waals surface area contributed by atoms with Crippen molar-refractivity contribution >= 4 is 0 Å². The molecular formula is C16H23NO3. The third kappa shape index (κ3) is 2.70. The molecule has 0 bridgehead atoms. The first kappa shape index (κ1) is 13.6. The molecule has 0 heterocycles. The first-order valence-electron chi connectivity index (χ1n) is 7.30. The lowest BCUT2D eigenvalue weighted by atomic mass is 10.1. The van der Waals surface area contributed by atoms with E-state index in [2.05, 4.69) is 11.4 Å². The third-order valence-electron chi connectivity index (χ3n) is 4.30. The third-order valence-corrected chi connectivity index (χ3v) is 4.30. The van der Waals surface area contributed by atoms with Gasteiger partial charge in [0.15, 0.2) is 11.5 Å². The van der Waals surface area contributed by atoms with Gasteiger partial charge >= 0.3 is 0 Å². The number of hydrogen-bond acceptors (Lipinski definition) is 4. The van der Waals surface area contributed by atoms with Crippen molar-refractivity contribution in [2.45, 2.75) is 31.2 Å². The van der Waals surface area contributed by atoms with Gasteiger partial charge in [0.2, 0.25) is 0 Å². The maximum Gasteiger partial charge on any atom is 0.164 e. The Balaban J connectivity index is 1.74. The fourth-order valence-corrected chi connectivity index (χ4v) is 2.80. The van der Waals surface area contributed by atoms with E-state index in [4.69, 9.17) is 14.2 Å². The van der Waals surface area contributed by atoms with Gasteiger partial charge in [-0.05, 0) is 43.7 Å². The minimum Gasteiger partial charge on any atom is -0.496 e. The smallest absolute Gasteiger partial charge is 0.164 e. The topological polar surface area (TPSA) is 39.7 Å². The molecule has 110 valence electrons. The highest BCUT2D eigenvalue weighted by Gasteiger charge is 2.41. The summed E-state index contributed by atoms with van der Waals surface area (Å²) in [4.78, 5) is 0. The van der Waals surface area contributed by atoms with E-state index in [0.717, 1.165) is 35.8 Å². The van der Waals surface area contributed by atoms with Crippen molar-refractivity contribution in [2.24, 2.45) is 5.92 Å². The van der Waals surface area contributed by atoms with Gasteiger partial charge in [0.25, 0.3) is 0 Å². The van der Waals surface area contributed by atoms with Gasteiger partial charge in [-0.3, -0.25) is 0 Å². The quantitative estimate of drug-likeness (QED) is 0.831. The molecule has 2 aliphatic carbocycles. The van der Waals surface area contributed by atoms with Crippen LogP contribution in [0.4, 0.5) is 0 Å². The van der Waals surface area contributed by atoms with Crippen molar-refractivity contribution in [1.82, 2.24) is 5.32 Å². The molecule has 2 unspecified atom stereocenters. The van der Waals surface area contributed by atoms with E-state index in [9.17, 15) is 0 Å². The van der Waals surface area contributed by atoms with E-state index < -0.39 is 0 Å². The average molecular weight is 277 g/mol. The van der Waals surface area contributed by atoms with Crippen LogP contribution in [0.2, 0.25) is 0 Å². The SMILES string of the molecule is COc1cc(OC)c(C2CC2CNC2CC2)cc1OC. The Hall–Kier alpha value is -1.42. The Bertz CT molecular complexity index is 485. The van der Waals surface area contributed by atoms with Crippen LogP contribution < -0.4 is 19.5 Å². The van der Waals surface area contributed by atoms with Crippen LogP contribution in [-0.2, 0) is 0 Å². The zero-order valence-electron chi connectivity index (χ0n) is 12.4. The number of methoxy groups -OCH3 is 3. The van der Waals surface area contributed by atoms with Crippen LogP contribution >= 0.6 is 0 Å². The molecule has 1 aromatic rings. The zero-order chi connectivity index (χ0) is 14.1. The number of benzene rings is 1. The van der Waals surface area contributed by atoms with Crippen LogP contribution in [0, 0.1) is 5.92 Å². The lowest BCUT2D eigenvalue weighted by molar-refractivity contribution is 0.347. The largest absolute Gasteiger partial charge is 0.496 e. The number of nitrogens with one attached hydrogen (secondary N) is 1. The Labute approximate surface area is 120 Å². The molecule has 1 N–H and O–H groups in total. The van der Waals surface area contributed by atoms with Gasteiger partial charge in [0.05, 0.1) is 21.3 Å². The predicted molar refractivity (Wildman–Crippen MR) is 78.0 cm³/mol. The number of rotatable bonds is 7. The van der Waals surface area contributed by atoms with E-state index in [0.29, 0.717) is 5.92 Å². The minimum atomic E-state index is 0.580. The summed E-state index contributed by atoms with van der Waals surface area (Å²) in [5.41, 5.74) is 1.24. The molecule has 0 aromatic heterocycles. The molecular weight excluding hydrogens is 254 g/mol. The van der Waals surface area contributed by atoms with Gasteiger partial charge < -0.3 is 19.5 Å². The molecule has 4 nitrogen and oxygen atoms in total. The lowest BCUT2D eigenvalue weighted by Gasteiger charge is -2.14. The maximum atomic E-state index is 5.52. The van der Waals surface area contributed by atoms with Crippen molar-refractivity contribution in [2.75, 3.05) is 27.9 Å². The fourth-order valence-electron chi connectivity index (χ4n) is 2.80. The molecule has 1 aromatic carbocycles. The Morgan fingerprint density at radius 2 is 1.65 bits per heavy atom. The minimum absolute atomic E-state index is 0.580. The Morgan fingerprint density at radius 3 is 2.25 bits per heavy atom. The number of ether oxygens (including phenoxy) is 3. The number of hydrogen-bond donors (Lipinski definition) is 1. The summed E-state index contributed by atoms with van der Waals surface area (Å²) >= 11 is 0. The zero-order valence-corrected chi connectivity index (χ0v) is 12.4. The van der Waals surface area contributed by atoms with E-state index in [1.54, 1.807) is 21.3 Å². The van der Waals surface area contributed by atoms with Crippen molar-refractivity contribution < 1.29 is 14.2 Å². The van der Waals surface area contributed by atoms with E-state index in [1.165, 1.54) is 24.8 Å². The van der Waals surface area contributed by atoms with Gasteiger partial charge in [-0.25, -0.2) is 0 Å². The van der Waals surface area contributed by atoms with Crippen LogP contribution in [0.25, 0.3) is 0 Å². The monoisotopic (exact) mass is 277 g/mol.